The first-order valence-corrected chi connectivity index (χ1v) is 13.2. The number of pyridine rings is 1. The predicted molar refractivity (Wildman–Crippen MR) is 144 cm³/mol. The lowest BCUT2D eigenvalue weighted by Gasteiger charge is -2.41. The predicted octanol–water partition coefficient (Wildman–Crippen LogP) is 5.11. The molecule has 39 heavy (non-hydrogen) atoms. The van der Waals surface area contributed by atoms with Gasteiger partial charge in [0.25, 0.3) is 0 Å². The summed E-state index contributed by atoms with van der Waals surface area (Å²) in [6.45, 7) is 2.87. The van der Waals surface area contributed by atoms with Crippen LogP contribution in [-0.2, 0) is 17.8 Å². The van der Waals surface area contributed by atoms with Crippen molar-refractivity contribution in [3.63, 3.8) is 0 Å². The summed E-state index contributed by atoms with van der Waals surface area (Å²) in [7, 11) is 1.63. The molecule has 0 radical (unpaired) electrons. The number of hydrogen-bond acceptors (Lipinski definition) is 6. The average Bonchev–Trinajstić information content (AvgIpc) is 2.92. The number of nitrogens with zero attached hydrogens (tertiary/aromatic N) is 2. The van der Waals surface area contributed by atoms with Crippen LogP contribution < -0.4 is 15.8 Å². The molecule has 1 aromatic heterocycles. The number of piperidine rings is 1. The highest BCUT2D eigenvalue weighted by Crippen LogP contribution is 2.40. The molecule has 0 bridgehead atoms. The van der Waals surface area contributed by atoms with Crippen LogP contribution in [0.25, 0.3) is 10.9 Å². The number of halogens is 3. The maximum absolute atomic E-state index is 13.4. The number of aromatic nitrogens is 1. The summed E-state index contributed by atoms with van der Waals surface area (Å²) in [6, 6.07) is 7.65. The van der Waals surface area contributed by atoms with Gasteiger partial charge in [-0.05, 0) is 79.9 Å². The number of nitrogens with two attached hydrogens (primary N) is 1. The van der Waals surface area contributed by atoms with Crippen molar-refractivity contribution < 1.29 is 27.8 Å². The van der Waals surface area contributed by atoms with Gasteiger partial charge in [0.1, 0.15) is 5.75 Å². The largest absolute Gasteiger partial charge is 0.497 e. The Morgan fingerprint density at radius 2 is 1.90 bits per heavy atom. The Kier molecular flexibility index (Phi) is 9.29. The van der Waals surface area contributed by atoms with E-state index in [1.807, 2.05) is 24.4 Å². The SMILES string of the molecule is COc1ccc2ncc(CN)c(CCCC3(CC(=O)O)CCN(CCNc4cc(F)c(F)c(F)c4)CC3)c2c1. The van der Waals surface area contributed by atoms with Crippen molar-refractivity contribution in [1.29, 1.82) is 0 Å². The van der Waals surface area contributed by atoms with E-state index in [2.05, 4.69) is 15.2 Å². The highest BCUT2D eigenvalue weighted by atomic mass is 19.2. The molecule has 2 aromatic carbocycles. The second-order valence-corrected chi connectivity index (χ2v) is 10.3. The smallest absolute Gasteiger partial charge is 0.303 e. The maximum Gasteiger partial charge on any atom is 0.303 e. The molecule has 0 amide bonds. The Bertz CT molecular complexity index is 1280. The van der Waals surface area contributed by atoms with Crippen LogP contribution in [0.15, 0.2) is 36.5 Å². The number of ether oxygens (including phenoxy) is 1. The van der Waals surface area contributed by atoms with E-state index in [4.69, 9.17) is 10.5 Å². The quantitative estimate of drug-likeness (QED) is 0.273. The molecule has 10 heteroatoms. The second kappa shape index (κ2) is 12.7. The summed E-state index contributed by atoms with van der Waals surface area (Å²) in [5.41, 5.74) is 8.88. The number of benzene rings is 2. The van der Waals surface area contributed by atoms with Gasteiger partial charge >= 0.3 is 5.97 Å². The Hall–Kier alpha value is -3.37. The Labute approximate surface area is 226 Å². The summed E-state index contributed by atoms with van der Waals surface area (Å²) in [5.74, 6) is -3.99. The van der Waals surface area contributed by atoms with Gasteiger partial charge in [0.2, 0.25) is 0 Å². The zero-order valence-corrected chi connectivity index (χ0v) is 22.1. The number of rotatable bonds is 12. The fraction of sp³-hybridized carbons (Fsp3) is 0.448. The van der Waals surface area contributed by atoms with E-state index in [0.717, 1.165) is 85.1 Å². The molecule has 4 N–H and O–H groups in total. The van der Waals surface area contributed by atoms with Crippen molar-refractivity contribution in [3.8, 4) is 5.75 Å². The minimum Gasteiger partial charge on any atom is -0.497 e. The Morgan fingerprint density at radius 3 is 2.54 bits per heavy atom. The number of aryl methyl sites for hydroxylation is 1. The van der Waals surface area contributed by atoms with Gasteiger partial charge in [-0.2, -0.15) is 0 Å². The first-order chi connectivity index (χ1) is 18.7. The van der Waals surface area contributed by atoms with Crippen LogP contribution in [0.5, 0.6) is 5.75 Å². The van der Waals surface area contributed by atoms with Gasteiger partial charge in [0, 0.05) is 49.0 Å². The minimum atomic E-state index is -1.48. The van der Waals surface area contributed by atoms with Crippen molar-refractivity contribution in [2.24, 2.45) is 11.1 Å². The number of likely N-dealkylation sites (tertiary alicyclic amines) is 1. The number of nitrogens with one attached hydrogen (secondary N) is 1. The van der Waals surface area contributed by atoms with Crippen LogP contribution in [0, 0.1) is 22.9 Å². The van der Waals surface area contributed by atoms with Crippen molar-refractivity contribution >= 4 is 22.6 Å². The highest BCUT2D eigenvalue weighted by Gasteiger charge is 2.36. The van der Waals surface area contributed by atoms with Crippen LogP contribution >= 0.6 is 0 Å². The van der Waals surface area contributed by atoms with Crippen LogP contribution in [0.4, 0.5) is 18.9 Å². The summed E-state index contributed by atoms with van der Waals surface area (Å²) >= 11 is 0. The van der Waals surface area contributed by atoms with Gasteiger partial charge in [0.15, 0.2) is 17.5 Å². The van der Waals surface area contributed by atoms with Crippen LogP contribution in [-0.4, -0.2) is 54.2 Å². The molecule has 4 rings (SSSR count). The average molecular weight is 545 g/mol. The van der Waals surface area contributed by atoms with E-state index in [9.17, 15) is 23.1 Å². The molecule has 3 aromatic rings. The zero-order valence-electron chi connectivity index (χ0n) is 22.1. The summed E-state index contributed by atoms with van der Waals surface area (Å²) in [5, 5.41) is 13.6. The zero-order chi connectivity index (χ0) is 28.0. The van der Waals surface area contributed by atoms with Gasteiger partial charge in [-0.25, -0.2) is 13.2 Å². The first kappa shape index (κ1) is 28.6. The monoisotopic (exact) mass is 544 g/mol. The number of carboxylic acid groups (broad SMARTS) is 1. The molecular formula is C29H35F3N4O3. The number of fused-ring (bicyclic) bond motifs is 1. The van der Waals surface area contributed by atoms with Crippen LogP contribution in [0.3, 0.4) is 0 Å². The molecule has 0 aliphatic carbocycles. The fourth-order valence-corrected chi connectivity index (χ4v) is 5.61. The van der Waals surface area contributed by atoms with E-state index in [0.29, 0.717) is 19.6 Å². The molecule has 0 unspecified atom stereocenters. The van der Waals surface area contributed by atoms with E-state index < -0.39 is 23.4 Å². The molecule has 0 atom stereocenters. The molecule has 2 heterocycles. The van der Waals surface area contributed by atoms with Crippen molar-refractivity contribution in [3.05, 3.63) is 65.1 Å². The van der Waals surface area contributed by atoms with Gasteiger partial charge < -0.3 is 25.8 Å². The maximum atomic E-state index is 13.4. The third-order valence-corrected chi connectivity index (χ3v) is 7.81. The lowest BCUT2D eigenvalue weighted by molar-refractivity contribution is -0.140. The molecule has 1 saturated heterocycles. The molecule has 1 fully saturated rings. The van der Waals surface area contributed by atoms with E-state index in [-0.39, 0.29) is 17.5 Å². The van der Waals surface area contributed by atoms with Gasteiger partial charge in [0.05, 0.1) is 19.0 Å². The minimum absolute atomic E-state index is 0.113. The summed E-state index contributed by atoms with van der Waals surface area (Å²) in [6.07, 6.45) is 5.78. The standard InChI is InChI=1S/C29H35F3N4O3/c1-39-21-4-5-26-23(15-21)22(19(17-33)18-35-26)3-2-6-29(16-27(37)38)7-10-36(11-8-29)12-9-34-20-13-24(30)28(32)25(31)14-20/h4-5,13-15,18,34H,2-3,6-12,16-17,33H2,1H3,(H,37,38). The van der Waals surface area contributed by atoms with E-state index in [1.165, 1.54) is 0 Å². The number of hydrogen-bond donors (Lipinski definition) is 3. The van der Waals surface area contributed by atoms with E-state index >= 15 is 0 Å². The van der Waals surface area contributed by atoms with Gasteiger partial charge in [-0.3, -0.25) is 9.78 Å². The van der Waals surface area contributed by atoms with Crippen LogP contribution in [0.1, 0.15) is 43.2 Å². The summed E-state index contributed by atoms with van der Waals surface area (Å²) in [4.78, 5) is 18.5. The molecule has 210 valence electrons. The number of aliphatic carboxylic acids is 1. The van der Waals surface area contributed by atoms with Crippen molar-refractivity contribution in [1.82, 2.24) is 9.88 Å². The number of carbonyl (C=O) groups is 1. The third-order valence-electron chi connectivity index (χ3n) is 7.81. The molecule has 7 nitrogen and oxygen atoms in total. The normalized spacial score (nSPS) is 15.4. The molecule has 1 aliphatic rings. The number of methoxy groups -OCH3 is 1. The number of anilines is 1. The van der Waals surface area contributed by atoms with Crippen LogP contribution in [0.2, 0.25) is 0 Å². The molecule has 0 saturated carbocycles. The Balaban J connectivity index is 1.36. The lowest BCUT2D eigenvalue weighted by Crippen LogP contribution is -2.43. The Morgan fingerprint density at radius 1 is 1.18 bits per heavy atom. The highest BCUT2D eigenvalue weighted by molar-refractivity contribution is 5.84. The van der Waals surface area contributed by atoms with Gasteiger partial charge in [-0.1, -0.05) is 0 Å². The summed E-state index contributed by atoms with van der Waals surface area (Å²) < 4.78 is 45.5. The topological polar surface area (TPSA) is 101 Å². The molecule has 0 spiro atoms. The van der Waals surface area contributed by atoms with Crippen molar-refractivity contribution in [2.45, 2.75) is 45.1 Å². The van der Waals surface area contributed by atoms with Gasteiger partial charge in [-0.15, -0.1) is 0 Å². The number of carboxylic acids is 1. The lowest BCUT2D eigenvalue weighted by atomic mass is 9.72. The third kappa shape index (κ3) is 6.99. The first-order valence-electron chi connectivity index (χ1n) is 13.2. The molecule has 1 aliphatic heterocycles. The second-order valence-electron chi connectivity index (χ2n) is 10.3. The van der Waals surface area contributed by atoms with E-state index in [1.54, 1.807) is 7.11 Å². The fourth-order valence-electron chi connectivity index (χ4n) is 5.61. The van der Waals surface area contributed by atoms with Crippen molar-refractivity contribution in [2.75, 3.05) is 38.6 Å². The molecular weight excluding hydrogens is 509 g/mol.